The summed E-state index contributed by atoms with van der Waals surface area (Å²) in [5.41, 5.74) is 3.47. The fourth-order valence-electron chi connectivity index (χ4n) is 3.00. The molecule has 0 radical (unpaired) electrons. The van der Waals surface area contributed by atoms with Crippen molar-refractivity contribution in [3.63, 3.8) is 0 Å². The van der Waals surface area contributed by atoms with Crippen LogP contribution in [0.5, 0.6) is 11.5 Å². The van der Waals surface area contributed by atoms with Crippen molar-refractivity contribution in [2.75, 3.05) is 12.4 Å². The van der Waals surface area contributed by atoms with Crippen LogP contribution in [0.2, 0.25) is 0 Å². The second-order valence-electron chi connectivity index (χ2n) is 6.95. The fourth-order valence-corrected chi connectivity index (χ4v) is 3.00. The standard InChI is InChI=1S/C26H21N3O3/c1-18-7-12-25(31-2)24(13-18)29-26(30)22(16-28)14-19-8-10-23(11-9-19)32-17-21-6-4-3-5-20(21)15-27/h3-14H,17H2,1-2H3,(H,29,30)/b22-14+. The van der Waals surface area contributed by atoms with E-state index in [0.717, 1.165) is 11.1 Å². The summed E-state index contributed by atoms with van der Waals surface area (Å²) in [4.78, 5) is 12.6. The number of hydrogen-bond acceptors (Lipinski definition) is 5. The number of rotatable bonds is 7. The molecule has 0 bridgehead atoms. The van der Waals surface area contributed by atoms with E-state index in [0.29, 0.717) is 28.3 Å². The molecule has 158 valence electrons. The van der Waals surface area contributed by atoms with Crippen LogP contribution in [0.15, 0.2) is 72.3 Å². The molecule has 3 aromatic carbocycles. The lowest BCUT2D eigenvalue weighted by atomic mass is 10.1. The Kier molecular flexibility index (Phi) is 7.24. The third-order valence-electron chi connectivity index (χ3n) is 4.69. The largest absolute Gasteiger partial charge is 0.495 e. The van der Waals surface area contributed by atoms with Crippen LogP contribution >= 0.6 is 0 Å². The highest BCUT2D eigenvalue weighted by Gasteiger charge is 2.13. The molecule has 0 atom stereocenters. The maximum Gasteiger partial charge on any atom is 0.266 e. The van der Waals surface area contributed by atoms with E-state index >= 15 is 0 Å². The summed E-state index contributed by atoms with van der Waals surface area (Å²) in [6, 6.07) is 23.7. The van der Waals surface area contributed by atoms with Crippen LogP contribution in [0.1, 0.15) is 22.3 Å². The lowest BCUT2D eigenvalue weighted by molar-refractivity contribution is -0.112. The number of carbonyl (C=O) groups excluding carboxylic acids is 1. The monoisotopic (exact) mass is 423 g/mol. The van der Waals surface area contributed by atoms with Crippen molar-refractivity contribution < 1.29 is 14.3 Å². The summed E-state index contributed by atoms with van der Waals surface area (Å²) < 4.78 is 11.0. The van der Waals surface area contributed by atoms with Gasteiger partial charge in [-0.25, -0.2) is 0 Å². The van der Waals surface area contributed by atoms with Crippen molar-refractivity contribution in [1.82, 2.24) is 0 Å². The van der Waals surface area contributed by atoms with Crippen molar-refractivity contribution in [2.45, 2.75) is 13.5 Å². The number of anilines is 1. The fraction of sp³-hybridized carbons (Fsp3) is 0.115. The first-order valence-corrected chi connectivity index (χ1v) is 9.82. The van der Waals surface area contributed by atoms with Crippen molar-refractivity contribution in [2.24, 2.45) is 0 Å². The minimum atomic E-state index is -0.523. The third-order valence-corrected chi connectivity index (χ3v) is 4.69. The molecule has 6 nitrogen and oxygen atoms in total. The van der Waals surface area contributed by atoms with Crippen molar-refractivity contribution in [3.05, 3.63) is 94.6 Å². The predicted octanol–water partition coefficient (Wildman–Crippen LogP) is 5.00. The van der Waals surface area contributed by atoms with Crippen molar-refractivity contribution in [1.29, 1.82) is 10.5 Å². The average Bonchev–Trinajstić information content (AvgIpc) is 2.82. The Morgan fingerprint density at radius 3 is 2.50 bits per heavy atom. The van der Waals surface area contributed by atoms with Gasteiger partial charge in [-0.1, -0.05) is 36.4 Å². The quantitative estimate of drug-likeness (QED) is 0.426. The van der Waals surface area contributed by atoms with Crippen molar-refractivity contribution in [3.8, 4) is 23.6 Å². The van der Waals surface area contributed by atoms with Gasteiger partial charge in [-0.2, -0.15) is 10.5 Å². The molecule has 0 aliphatic carbocycles. The minimum absolute atomic E-state index is 0.0369. The molecule has 3 aromatic rings. The topological polar surface area (TPSA) is 95.1 Å². The highest BCUT2D eigenvalue weighted by atomic mass is 16.5. The zero-order valence-electron chi connectivity index (χ0n) is 17.8. The molecule has 32 heavy (non-hydrogen) atoms. The van der Waals surface area contributed by atoms with Gasteiger partial charge in [0.2, 0.25) is 0 Å². The Morgan fingerprint density at radius 2 is 1.81 bits per heavy atom. The summed E-state index contributed by atoms with van der Waals surface area (Å²) in [7, 11) is 1.52. The van der Waals surface area contributed by atoms with E-state index in [4.69, 9.17) is 14.7 Å². The molecule has 0 aliphatic rings. The van der Waals surface area contributed by atoms with E-state index in [9.17, 15) is 10.1 Å². The first kappa shape index (κ1) is 22.1. The summed E-state index contributed by atoms with van der Waals surface area (Å²) >= 11 is 0. The molecule has 0 aliphatic heterocycles. The Hall–Kier alpha value is -4.55. The van der Waals surface area contributed by atoms with E-state index < -0.39 is 5.91 Å². The first-order chi connectivity index (χ1) is 15.5. The number of nitrogens with zero attached hydrogens (tertiary/aromatic N) is 2. The number of methoxy groups -OCH3 is 1. The summed E-state index contributed by atoms with van der Waals surface area (Å²) in [6.45, 7) is 2.17. The third kappa shape index (κ3) is 5.53. The van der Waals surface area contributed by atoms with Gasteiger partial charge >= 0.3 is 0 Å². The smallest absolute Gasteiger partial charge is 0.266 e. The molecule has 1 N–H and O–H groups in total. The highest BCUT2D eigenvalue weighted by molar-refractivity contribution is 6.10. The Bertz CT molecular complexity index is 1230. The van der Waals surface area contributed by atoms with Gasteiger partial charge in [-0.05, 0) is 54.5 Å². The molecule has 6 heteroatoms. The van der Waals surface area contributed by atoms with Crippen LogP contribution in [0.4, 0.5) is 5.69 Å². The van der Waals surface area contributed by atoms with Gasteiger partial charge in [0.15, 0.2) is 0 Å². The van der Waals surface area contributed by atoms with E-state index in [1.807, 2.05) is 31.2 Å². The number of amides is 1. The Morgan fingerprint density at radius 1 is 1.06 bits per heavy atom. The van der Waals surface area contributed by atoms with Gasteiger partial charge in [0.1, 0.15) is 29.7 Å². The van der Waals surface area contributed by atoms with E-state index in [-0.39, 0.29) is 12.2 Å². The first-order valence-electron chi connectivity index (χ1n) is 9.82. The Labute approximate surface area is 186 Å². The van der Waals surface area contributed by atoms with Crippen LogP contribution in [0.25, 0.3) is 6.08 Å². The SMILES string of the molecule is COc1ccc(C)cc1NC(=O)/C(C#N)=C/c1ccc(OCc2ccccc2C#N)cc1. The molecule has 1 amide bonds. The maximum atomic E-state index is 12.6. The lowest BCUT2D eigenvalue weighted by Gasteiger charge is -2.10. The molecule has 0 spiro atoms. The Balaban J connectivity index is 1.70. The summed E-state index contributed by atoms with van der Waals surface area (Å²) in [5.74, 6) is 0.605. The van der Waals surface area contributed by atoms with Crippen LogP contribution < -0.4 is 14.8 Å². The van der Waals surface area contributed by atoms with Gasteiger partial charge in [0.05, 0.1) is 24.4 Å². The molecular weight excluding hydrogens is 402 g/mol. The zero-order valence-corrected chi connectivity index (χ0v) is 17.8. The van der Waals surface area contributed by atoms with Crippen LogP contribution in [-0.4, -0.2) is 13.0 Å². The van der Waals surface area contributed by atoms with Crippen LogP contribution in [0.3, 0.4) is 0 Å². The van der Waals surface area contributed by atoms with Crippen molar-refractivity contribution >= 4 is 17.7 Å². The van der Waals surface area contributed by atoms with Crippen LogP contribution in [0, 0.1) is 29.6 Å². The van der Waals surface area contributed by atoms with E-state index in [1.165, 1.54) is 13.2 Å². The molecule has 0 fully saturated rings. The average molecular weight is 423 g/mol. The molecular formula is C26H21N3O3. The molecule has 0 saturated heterocycles. The normalized spacial score (nSPS) is 10.6. The lowest BCUT2D eigenvalue weighted by Crippen LogP contribution is -2.14. The molecule has 0 saturated carbocycles. The number of nitriles is 2. The number of hydrogen-bond donors (Lipinski definition) is 1. The van der Waals surface area contributed by atoms with Crippen LogP contribution in [-0.2, 0) is 11.4 Å². The molecule has 0 heterocycles. The molecule has 0 aromatic heterocycles. The number of nitrogens with one attached hydrogen (secondary N) is 1. The second-order valence-corrected chi connectivity index (χ2v) is 6.95. The summed E-state index contributed by atoms with van der Waals surface area (Å²) in [5, 5.41) is 21.4. The number of ether oxygens (including phenoxy) is 2. The van der Waals surface area contributed by atoms with Gasteiger partial charge in [-0.15, -0.1) is 0 Å². The number of aryl methyl sites for hydroxylation is 1. The highest BCUT2D eigenvalue weighted by Crippen LogP contribution is 2.26. The molecule has 0 unspecified atom stereocenters. The second kappa shape index (κ2) is 10.5. The maximum absolute atomic E-state index is 12.6. The van der Waals surface area contributed by atoms with Gasteiger partial charge in [0, 0.05) is 5.56 Å². The van der Waals surface area contributed by atoms with Gasteiger partial charge in [0.25, 0.3) is 5.91 Å². The van der Waals surface area contributed by atoms with Gasteiger partial charge in [-0.3, -0.25) is 4.79 Å². The molecule has 3 rings (SSSR count). The number of benzene rings is 3. The van der Waals surface area contributed by atoms with Gasteiger partial charge < -0.3 is 14.8 Å². The predicted molar refractivity (Wildman–Crippen MR) is 122 cm³/mol. The number of carbonyl (C=O) groups is 1. The van der Waals surface area contributed by atoms with E-state index in [1.54, 1.807) is 48.5 Å². The summed E-state index contributed by atoms with van der Waals surface area (Å²) in [6.07, 6.45) is 1.51. The zero-order chi connectivity index (χ0) is 22.9. The minimum Gasteiger partial charge on any atom is -0.495 e. The van der Waals surface area contributed by atoms with E-state index in [2.05, 4.69) is 11.4 Å².